The highest BCUT2D eigenvalue weighted by Crippen LogP contribution is 2.06. The van der Waals surface area contributed by atoms with E-state index >= 15 is 0 Å². The van der Waals surface area contributed by atoms with E-state index in [4.69, 9.17) is 0 Å². The number of carbonyl (C=O) groups excluding carboxylic acids is 1. The highest BCUT2D eigenvalue weighted by Gasteiger charge is 2.27. The third-order valence-corrected chi connectivity index (χ3v) is 3.34. The predicted molar refractivity (Wildman–Crippen MR) is 70.2 cm³/mol. The van der Waals surface area contributed by atoms with Crippen LogP contribution in [0.15, 0.2) is 24.5 Å². The van der Waals surface area contributed by atoms with E-state index in [1.54, 1.807) is 7.05 Å². The molecule has 1 amide bonds. The summed E-state index contributed by atoms with van der Waals surface area (Å²) in [5.74, 6) is 0.0944. The summed E-state index contributed by atoms with van der Waals surface area (Å²) in [6.45, 7) is 3.51. The van der Waals surface area contributed by atoms with E-state index in [-0.39, 0.29) is 11.9 Å². The number of carbonyl (C=O) groups is 1. The van der Waals surface area contributed by atoms with Crippen LogP contribution < -0.4 is 10.6 Å². The van der Waals surface area contributed by atoms with Crippen molar-refractivity contribution in [2.75, 3.05) is 33.2 Å². The molecule has 2 rings (SSSR count). The second-order valence-corrected chi connectivity index (χ2v) is 4.48. The van der Waals surface area contributed by atoms with Crippen molar-refractivity contribution in [3.8, 4) is 0 Å². The third kappa shape index (κ3) is 3.27. The van der Waals surface area contributed by atoms with Gasteiger partial charge in [0.25, 0.3) is 0 Å². The summed E-state index contributed by atoms with van der Waals surface area (Å²) in [6, 6.07) is 4.00. The van der Waals surface area contributed by atoms with Gasteiger partial charge in [0.1, 0.15) is 6.04 Å². The van der Waals surface area contributed by atoms with Gasteiger partial charge in [-0.3, -0.25) is 14.7 Å². The van der Waals surface area contributed by atoms with Gasteiger partial charge in [-0.1, -0.05) is 0 Å². The van der Waals surface area contributed by atoms with Crippen molar-refractivity contribution < 1.29 is 4.79 Å². The smallest absolute Gasteiger partial charge is 0.238 e. The molecule has 5 nitrogen and oxygen atoms in total. The molecule has 1 aliphatic heterocycles. The maximum Gasteiger partial charge on any atom is 0.238 e. The number of hydrogen-bond donors (Lipinski definition) is 2. The number of aromatic nitrogens is 1. The largest absolute Gasteiger partial charge is 0.358 e. The topological polar surface area (TPSA) is 57.3 Å². The molecule has 5 heteroatoms. The SMILES string of the molecule is CNC(=O)C1CNCCN1CCc1ccncc1. The third-order valence-electron chi connectivity index (χ3n) is 3.34. The first-order valence-electron chi connectivity index (χ1n) is 6.36. The number of rotatable bonds is 4. The first-order chi connectivity index (χ1) is 8.81. The average Bonchev–Trinajstić information content (AvgIpc) is 2.45. The quantitative estimate of drug-likeness (QED) is 0.764. The zero-order valence-corrected chi connectivity index (χ0v) is 10.7. The molecule has 0 radical (unpaired) electrons. The molecule has 1 aromatic rings. The van der Waals surface area contributed by atoms with Crippen molar-refractivity contribution in [2.45, 2.75) is 12.5 Å². The lowest BCUT2D eigenvalue weighted by Gasteiger charge is -2.34. The zero-order chi connectivity index (χ0) is 12.8. The van der Waals surface area contributed by atoms with Gasteiger partial charge >= 0.3 is 0 Å². The van der Waals surface area contributed by atoms with Crippen molar-refractivity contribution >= 4 is 5.91 Å². The Balaban J connectivity index is 1.91. The van der Waals surface area contributed by atoms with E-state index in [0.29, 0.717) is 0 Å². The van der Waals surface area contributed by atoms with Crippen LogP contribution in [0.4, 0.5) is 0 Å². The summed E-state index contributed by atoms with van der Waals surface area (Å²) in [4.78, 5) is 18.0. The Morgan fingerprint density at radius 1 is 1.56 bits per heavy atom. The van der Waals surface area contributed by atoms with E-state index in [9.17, 15) is 4.79 Å². The van der Waals surface area contributed by atoms with Gasteiger partial charge in [-0.15, -0.1) is 0 Å². The van der Waals surface area contributed by atoms with E-state index in [1.165, 1.54) is 5.56 Å². The molecule has 1 aromatic heterocycles. The number of amides is 1. The maximum atomic E-state index is 11.8. The Bertz CT molecular complexity index is 382. The Kier molecular flexibility index (Phi) is 4.66. The first-order valence-corrected chi connectivity index (χ1v) is 6.36. The summed E-state index contributed by atoms with van der Waals surface area (Å²) < 4.78 is 0. The highest BCUT2D eigenvalue weighted by molar-refractivity contribution is 5.81. The average molecular weight is 248 g/mol. The molecule has 0 aromatic carbocycles. The van der Waals surface area contributed by atoms with E-state index in [2.05, 4.69) is 20.5 Å². The van der Waals surface area contributed by atoms with Crippen LogP contribution in [0.5, 0.6) is 0 Å². The maximum absolute atomic E-state index is 11.8. The summed E-state index contributed by atoms with van der Waals surface area (Å²) >= 11 is 0. The molecule has 0 bridgehead atoms. The minimum Gasteiger partial charge on any atom is -0.358 e. The second kappa shape index (κ2) is 6.47. The first kappa shape index (κ1) is 13.0. The Morgan fingerprint density at radius 2 is 2.33 bits per heavy atom. The van der Waals surface area contributed by atoms with Crippen LogP contribution in [-0.2, 0) is 11.2 Å². The molecule has 98 valence electrons. The van der Waals surface area contributed by atoms with Gasteiger partial charge in [0.15, 0.2) is 0 Å². The van der Waals surface area contributed by atoms with Crippen molar-refractivity contribution in [1.29, 1.82) is 0 Å². The van der Waals surface area contributed by atoms with Crippen LogP contribution >= 0.6 is 0 Å². The number of nitrogens with one attached hydrogen (secondary N) is 2. The number of likely N-dealkylation sites (N-methyl/N-ethyl adjacent to an activating group) is 1. The molecule has 2 N–H and O–H groups in total. The lowest BCUT2D eigenvalue weighted by Crippen LogP contribution is -2.57. The molecule has 1 atom stereocenters. The molecule has 0 aliphatic carbocycles. The van der Waals surface area contributed by atoms with Crippen LogP contribution in [0.1, 0.15) is 5.56 Å². The molecule has 1 aliphatic rings. The van der Waals surface area contributed by atoms with Crippen molar-refractivity contribution in [2.24, 2.45) is 0 Å². The van der Waals surface area contributed by atoms with Crippen LogP contribution in [0.3, 0.4) is 0 Å². The van der Waals surface area contributed by atoms with Crippen LogP contribution in [0, 0.1) is 0 Å². The standard InChI is InChI=1S/C13H20N4O/c1-14-13(18)12-10-16-7-9-17(12)8-4-11-2-5-15-6-3-11/h2-3,5-6,12,16H,4,7-10H2,1H3,(H,14,18). The highest BCUT2D eigenvalue weighted by atomic mass is 16.2. The lowest BCUT2D eigenvalue weighted by atomic mass is 10.1. The number of pyridine rings is 1. The summed E-state index contributed by atoms with van der Waals surface area (Å²) in [7, 11) is 1.69. The number of piperazine rings is 1. The fourth-order valence-corrected chi connectivity index (χ4v) is 2.26. The lowest BCUT2D eigenvalue weighted by molar-refractivity contribution is -0.126. The molecule has 1 saturated heterocycles. The normalized spacial score (nSPS) is 20.6. The van der Waals surface area contributed by atoms with Crippen molar-refractivity contribution in [1.82, 2.24) is 20.5 Å². The fourth-order valence-electron chi connectivity index (χ4n) is 2.26. The molecule has 0 saturated carbocycles. The van der Waals surface area contributed by atoms with Gasteiger partial charge < -0.3 is 10.6 Å². The monoisotopic (exact) mass is 248 g/mol. The van der Waals surface area contributed by atoms with Gasteiger partial charge in [0.05, 0.1) is 0 Å². The number of hydrogen-bond acceptors (Lipinski definition) is 4. The predicted octanol–water partition coefficient (Wildman–Crippen LogP) is -0.356. The molecule has 1 fully saturated rings. The van der Waals surface area contributed by atoms with Gasteiger partial charge in [0, 0.05) is 45.6 Å². The molecule has 1 unspecified atom stereocenters. The van der Waals surface area contributed by atoms with Crippen molar-refractivity contribution in [3.05, 3.63) is 30.1 Å². The van der Waals surface area contributed by atoms with E-state index in [1.807, 2.05) is 24.5 Å². The summed E-state index contributed by atoms with van der Waals surface area (Å²) in [5.41, 5.74) is 1.26. The molecular formula is C13H20N4O. The molecule has 2 heterocycles. The van der Waals surface area contributed by atoms with Gasteiger partial charge in [-0.05, 0) is 24.1 Å². The Labute approximate surface area is 108 Å². The fraction of sp³-hybridized carbons (Fsp3) is 0.538. The molecule has 0 spiro atoms. The summed E-state index contributed by atoms with van der Waals surface area (Å²) in [6.07, 6.45) is 4.57. The Morgan fingerprint density at radius 3 is 3.06 bits per heavy atom. The van der Waals surface area contributed by atoms with E-state index in [0.717, 1.165) is 32.6 Å². The number of nitrogens with zero attached hydrogens (tertiary/aromatic N) is 2. The van der Waals surface area contributed by atoms with Gasteiger partial charge in [-0.25, -0.2) is 0 Å². The molecular weight excluding hydrogens is 228 g/mol. The zero-order valence-electron chi connectivity index (χ0n) is 10.7. The summed E-state index contributed by atoms with van der Waals surface area (Å²) in [5, 5.41) is 6.00. The Hall–Kier alpha value is -1.46. The minimum absolute atomic E-state index is 0.0504. The van der Waals surface area contributed by atoms with Crippen LogP contribution in [0.25, 0.3) is 0 Å². The molecule has 18 heavy (non-hydrogen) atoms. The van der Waals surface area contributed by atoms with Crippen molar-refractivity contribution in [3.63, 3.8) is 0 Å². The van der Waals surface area contributed by atoms with Gasteiger partial charge in [-0.2, -0.15) is 0 Å². The van der Waals surface area contributed by atoms with Crippen LogP contribution in [-0.4, -0.2) is 55.1 Å². The second-order valence-electron chi connectivity index (χ2n) is 4.48. The van der Waals surface area contributed by atoms with Gasteiger partial charge in [0.2, 0.25) is 5.91 Å². The van der Waals surface area contributed by atoms with E-state index < -0.39 is 0 Å². The van der Waals surface area contributed by atoms with Crippen LogP contribution in [0.2, 0.25) is 0 Å². The minimum atomic E-state index is -0.0504.